The van der Waals surface area contributed by atoms with Crippen molar-refractivity contribution in [3.63, 3.8) is 0 Å². The van der Waals surface area contributed by atoms with Gasteiger partial charge in [-0.25, -0.2) is 8.42 Å². The van der Waals surface area contributed by atoms with Gasteiger partial charge in [-0.3, -0.25) is 13.9 Å². The molecule has 7 nitrogen and oxygen atoms in total. The van der Waals surface area contributed by atoms with Gasteiger partial charge >= 0.3 is 0 Å². The molecule has 9 heteroatoms. The molecule has 0 aliphatic carbocycles. The summed E-state index contributed by atoms with van der Waals surface area (Å²) in [5.41, 5.74) is 3.73. The molecule has 0 aliphatic heterocycles. The van der Waals surface area contributed by atoms with Gasteiger partial charge in [-0.05, 0) is 88.6 Å². The third-order valence-corrected chi connectivity index (χ3v) is 8.63. The van der Waals surface area contributed by atoms with Crippen LogP contribution < -0.4 is 9.62 Å². The normalized spacial score (nSPS) is 12.2. The molecule has 1 atom stereocenters. The lowest BCUT2D eigenvalue weighted by atomic mass is 10.1. The van der Waals surface area contributed by atoms with E-state index in [1.54, 1.807) is 37.3 Å². The van der Waals surface area contributed by atoms with Crippen molar-refractivity contribution in [3.8, 4) is 0 Å². The number of hydrogen-bond donors (Lipinski definition) is 1. The average molecular weight is 615 g/mol. The summed E-state index contributed by atoms with van der Waals surface area (Å²) in [4.78, 5) is 28.5. The number of aryl methyl sites for hydroxylation is 3. The average Bonchev–Trinajstić information content (AvgIpc) is 2.86. The Kier molecular flexibility index (Phi) is 9.96. The van der Waals surface area contributed by atoms with Gasteiger partial charge in [0.15, 0.2) is 0 Å². The number of rotatable bonds is 10. The quantitative estimate of drug-likeness (QED) is 0.326. The Balaban J connectivity index is 2.08. The minimum absolute atomic E-state index is 0.0888. The molecule has 1 N–H and O–H groups in total. The molecule has 0 aliphatic rings. The molecule has 0 saturated carbocycles. The Morgan fingerprint density at radius 3 is 2.15 bits per heavy atom. The van der Waals surface area contributed by atoms with Gasteiger partial charge in [0.2, 0.25) is 11.8 Å². The first-order chi connectivity index (χ1) is 18.3. The smallest absolute Gasteiger partial charge is 0.264 e. The standard InChI is InChI=1S/C30H36BrN3O4S/c1-20(2)32-30(36)24(6)33(18-25-8-7-9-26(31)17-25)29(35)19-34(28-16-22(4)10-13-23(28)5)39(37,38)27-14-11-21(3)12-15-27/h7-17,20,24H,18-19H2,1-6H3,(H,32,36). The van der Waals surface area contributed by atoms with Crippen molar-refractivity contribution in [3.05, 3.63) is 93.5 Å². The van der Waals surface area contributed by atoms with Crippen LogP contribution in [0.4, 0.5) is 5.69 Å². The van der Waals surface area contributed by atoms with Crippen molar-refractivity contribution in [1.29, 1.82) is 0 Å². The summed E-state index contributed by atoms with van der Waals surface area (Å²) >= 11 is 3.46. The lowest BCUT2D eigenvalue weighted by Crippen LogP contribution is -2.52. The van der Waals surface area contributed by atoms with E-state index in [-0.39, 0.29) is 23.4 Å². The van der Waals surface area contributed by atoms with Crippen LogP contribution in [0.25, 0.3) is 0 Å². The summed E-state index contributed by atoms with van der Waals surface area (Å²) < 4.78 is 30.0. The van der Waals surface area contributed by atoms with Gasteiger partial charge in [-0.2, -0.15) is 0 Å². The second-order valence-electron chi connectivity index (χ2n) is 10.1. The predicted molar refractivity (Wildman–Crippen MR) is 159 cm³/mol. The molecule has 208 valence electrons. The number of amides is 2. The van der Waals surface area contributed by atoms with Gasteiger partial charge in [0, 0.05) is 17.1 Å². The monoisotopic (exact) mass is 613 g/mol. The van der Waals surface area contributed by atoms with E-state index in [9.17, 15) is 18.0 Å². The lowest BCUT2D eigenvalue weighted by Gasteiger charge is -2.33. The fourth-order valence-electron chi connectivity index (χ4n) is 4.16. The Hall–Kier alpha value is -3.17. The van der Waals surface area contributed by atoms with Crippen LogP contribution >= 0.6 is 15.9 Å². The van der Waals surface area contributed by atoms with Crippen molar-refractivity contribution >= 4 is 43.5 Å². The van der Waals surface area contributed by atoms with E-state index in [0.29, 0.717) is 11.3 Å². The van der Waals surface area contributed by atoms with Crippen LogP contribution in [-0.4, -0.2) is 43.8 Å². The van der Waals surface area contributed by atoms with Gasteiger partial charge in [0.25, 0.3) is 10.0 Å². The molecule has 0 heterocycles. The first-order valence-electron chi connectivity index (χ1n) is 12.8. The molecular weight excluding hydrogens is 578 g/mol. The van der Waals surface area contributed by atoms with Crippen molar-refractivity contribution in [1.82, 2.24) is 10.2 Å². The van der Waals surface area contributed by atoms with Crippen LogP contribution in [-0.2, 0) is 26.2 Å². The number of benzene rings is 3. The fourth-order valence-corrected chi connectivity index (χ4v) is 6.08. The first-order valence-corrected chi connectivity index (χ1v) is 15.0. The van der Waals surface area contributed by atoms with E-state index in [1.165, 1.54) is 4.90 Å². The highest BCUT2D eigenvalue weighted by atomic mass is 79.9. The summed E-state index contributed by atoms with van der Waals surface area (Å²) in [7, 11) is -4.11. The molecule has 0 spiro atoms. The zero-order valence-corrected chi connectivity index (χ0v) is 25.6. The molecule has 0 bridgehead atoms. The number of sulfonamides is 1. The molecular formula is C30H36BrN3O4S. The molecule has 0 aromatic heterocycles. The van der Waals surface area contributed by atoms with Gasteiger partial charge < -0.3 is 10.2 Å². The van der Waals surface area contributed by atoms with Gasteiger partial charge in [-0.15, -0.1) is 0 Å². The highest BCUT2D eigenvalue weighted by Crippen LogP contribution is 2.29. The molecule has 0 radical (unpaired) electrons. The molecule has 0 saturated heterocycles. The summed E-state index contributed by atoms with van der Waals surface area (Å²) in [6.45, 7) is 10.6. The molecule has 3 aromatic carbocycles. The number of anilines is 1. The summed E-state index contributed by atoms with van der Waals surface area (Å²) in [5, 5.41) is 2.86. The van der Waals surface area contributed by atoms with Crippen LogP contribution in [0.3, 0.4) is 0 Å². The minimum atomic E-state index is -4.11. The molecule has 2 amide bonds. The van der Waals surface area contributed by atoms with Crippen LogP contribution in [0.5, 0.6) is 0 Å². The highest BCUT2D eigenvalue weighted by molar-refractivity contribution is 9.10. The fraction of sp³-hybridized carbons (Fsp3) is 0.333. The second kappa shape index (κ2) is 12.8. The molecule has 3 rings (SSSR count). The van der Waals surface area contributed by atoms with Crippen LogP contribution in [0.1, 0.15) is 43.0 Å². The Morgan fingerprint density at radius 1 is 0.897 bits per heavy atom. The predicted octanol–water partition coefficient (Wildman–Crippen LogP) is 5.51. The largest absolute Gasteiger partial charge is 0.352 e. The maximum atomic E-state index is 14.0. The van der Waals surface area contributed by atoms with Crippen LogP contribution in [0, 0.1) is 20.8 Å². The maximum absolute atomic E-state index is 14.0. The summed E-state index contributed by atoms with van der Waals surface area (Å²) in [6.07, 6.45) is 0. The summed E-state index contributed by atoms with van der Waals surface area (Å²) in [6, 6.07) is 18.6. The lowest BCUT2D eigenvalue weighted by molar-refractivity contribution is -0.139. The van der Waals surface area contributed by atoms with Crippen molar-refractivity contribution in [2.24, 2.45) is 0 Å². The van der Waals surface area contributed by atoms with Crippen LogP contribution in [0.15, 0.2) is 76.1 Å². The zero-order valence-electron chi connectivity index (χ0n) is 23.2. The highest BCUT2D eigenvalue weighted by Gasteiger charge is 2.33. The number of halogens is 1. The SMILES string of the molecule is Cc1ccc(S(=O)(=O)N(CC(=O)N(Cc2cccc(Br)c2)C(C)C(=O)NC(C)C)c2cc(C)ccc2C)cc1. The maximum Gasteiger partial charge on any atom is 0.264 e. The topological polar surface area (TPSA) is 86.8 Å². The van der Waals surface area contributed by atoms with E-state index < -0.39 is 28.5 Å². The van der Waals surface area contributed by atoms with Gasteiger partial charge in [0.1, 0.15) is 12.6 Å². The third kappa shape index (κ3) is 7.70. The van der Waals surface area contributed by atoms with E-state index in [1.807, 2.05) is 71.0 Å². The Bertz CT molecular complexity index is 1440. The second-order valence-corrected chi connectivity index (χ2v) is 12.9. The van der Waals surface area contributed by atoms with Gasteiger partial charge in [-0.1, -0.05) is 57.9 Å². The Morgan fingerprint density at radius 2 is 1.54 bits per heavy atom. The number of carbonyl (C=O) groups is 2. The van der Waals surface area contributed by atoms with Crippen molar-refractivity contribution < 1.29 is 18.0 Å². The van der Waals surface area contributed by atoms with Crippen molar-refractivity contribution in [2.75, 3.05) is 10.8 Å². The minimum Gasteiger partial charge on any atom is -0.352 e. The van der Waals surface area contributed by atoms with E-state index in [0.717, 1.165) is 25.5 Å². The number of nitrogens with zero attached hydrogens (tertiary/aromatic N) is 2. The number of carbonyl (C=O) groups excluding carboxylic acids is 2. The summed E-state index contributed by atoms with van der Waals surface area (Å²) in [5.74, 6) is -0.800. The number of hydrogen-bond acceptors (Lipinski definition) is 4. The molecule has 1 unspecified atom stereocenters. The van der Waals surface area contributed by atoms with Crippen LogP contribution in [0.2, 0.25) is 0 Å². The van der Waals surface area contributed by atoms with E-state index in [4.69, 9.17) is 0 Å². The zero-order chi connectivity index (χ0) is 28.9. The van der Waals surface area contributed by atoms with Gasteiger partial charge in [0.05, 0.1) is 10.6 Å². The van der Waals surface area contributed by atoms with E-state index >= 15 is 0 Å². The Labute approximate surface area is 240 Å². The molecule has 3 aromatic rings. The van der Waals surface area contributed by atoms with Crippen molar-refractivity contribution in [2.45, 2.75) is 65.1 Å². The first kappa shape index (κ1) is 30.4. The molecule has 0 fully saturated rings. The number of nitrogens with one attached hydrogen (secondary N) is 1. The molecule has 39 heavy (non-hydrogen) atoms. The third-order valence-electron chi connectivity index (χ3n) is 6.36. The van der Waals surface area contributed by atoms with E-state index in [2.05, 4.69) is 21.2 Å².